The normalized spacial score (nSPS) is 25.0. The van der Waals surface area contributed by atoms with Crippen molar-refractivity contribution in [3.63, 3.8) is 0 Å². The van der Waals surface area contributed by atoms with E-state index >= 15 is 0 Å². The molecule has 1 aromatic rings. The number of aliphatic hydroxyl groups is 1. The number of anilines is 2. The van der Waals surface area contributed by atoms with E-state index in [-0.39, 0.29) is 0 Å². The van der Waals surface area contributed by atoms with Crippen molar-refractivity contribution in [3.8, 4) is 0 Å². The summed E-state index contributed by atoms with van der Waals surface area (Å²) in [6, 6.07) is 1.88. The van der Waals surface area contributed by atoms with Crippen LogP contribution in [0.1, 0.15) is 19.3 Å². The third kappa shape index (κ3) is 2.82. The van der Waals surface area contributed by atoms with Gasteiger partial charge in [-0.3, -0.25) is 0 Å². The van der Waals surface area contributed by atoms with Gasteiger partial charge in [0, 0.05) is 45.4 Å². The van der Waals surface area contributed by atoms with E-state index in [4.69, 9.17) is 0 Å². The summed E-state index contributed by atoms with van der Waals surface area (Å²) in [6.45, 7) is 4.26. The molecule has 1 unspecified atom stereocenters. The molecule has 0 bridgehead atoms. The average molecular weight is 291 g/mol. The van der Waals surface area contributed by atoms with E-state index in [1.807, 2.05) is 13.1 Å². The molecule has 6 nitrogen and oxygen atoms in total. The first-order chi connectivity index (χ1) is 10.3. The second-order valence-corrected chi connectivity index (χ2v) is 6.17. The maximum Gasteiger partial charge on any atom is 0.227 e. The molecule has 2 fully saturated rings. The molecule has 2 saturated heterocycles. The minimum absolute atomic E-state index is 0.290. The summed E-state index contributed by atoms with van der Waals surface area (Å²) in [5.74, 6) is 2.06. The van der Waals surface area contributed by atoms with Crippen molar-refractivity contribution in [2.24, 2.45) is 11.3 Å². The van der Waals surface area contributed by atoms with Crippen LogP contribution >= 0.6 is 0 Å². The number of nitrogens with one attached hydrogen (secondary N) is 2. The van der Waals surface area contributed by atoms with Gasteiger partial charge in [-0.2, -0.15) is 4.98 Å². The Labute approximate surface area is 126 Å². The van der Waals surface area contributed by atoms with Crippen LogP contribution in [0.25, 0.3) is 0 Å². The number of hydrogen-bond acceptors (Lipinski definition) is 6. The van der Waals surface area contributed by atoms with Crippen molar-refractivity contribution >= 4 is 11.8 Å². The second kappa shape index (κ2) is 6.15. The van der Waals surface area contributed by atoms with E-state index in [1.165, 1.54) is 6.42 Å². The molecule has 6 heteroatoms. The van der Waals surface area contributed by atoms with Gasteiger partial charge >= 0.3 is 0 Å². The van der Waals surface area contributed by atoms with Crippen molar-refractivity contribution in [2.75, 3.05) is 50.1 Å². The highest BCUT2D eigenvalue weighted by molar-refractivity contribution is 5.41. The monoisotopic (exact) mass is 291 g/mol. The lowest BCUT2D eigenvalue weighted by Crippen LogP contribution is -2.52. The lowest BCUT2D eigenvalue weighted by atomic mass is 9.65. The molecule has 2 aliphatic heterocycles. The van der Waals surface area contributed by atoms with Crippen molar-refractivity contribution in [1.82, 2.24) is 15.3 Å². The topological polar surface area (TPSA) is 73.3 Å². The first-order valence-corrected chi connectivity index (χ1v) is 7.85. The number of nitrogens with zero attached hydrogens (tertiary/aromatic N) is 3. The number of rotatable bonds is 3. The Hall–Kier alpha value is -1.40. The largest absolute Gasteiger partial charge is 0.396 e. The first-order valence-electron chi connectivity index (χ1n) is 7.85. The zero-order chi connectivity index (χ0) is 14.7. The summed E-state index contributed by atoms with van der Waals surface area (Å²) in [7, 11) is 1.87. The Balaban J connectivity index is 1.69. The summed E-state index contributed by atoms with van der Waals surface area (Å²) in [6.07, 6.45) is 5.21. The molecule has 116 valence electrons. The van der Waals surface area contributed by atoms with E-state index in [1.54, 1.807) is 6.20 Å². The fourth-order valence-electron chi connectivity index (χ4n) is 3.74. The van der Waals surface area contributed by atoms with E-state index in [9.17, 15) is 5.11 Å². The smallest absolute Gasteiger partial charge is 0.227 e. The van der Waals surface area contributed by atoms with Gasteiger partial charge in [0.1, 0.15) is 5.82 Å². The van der Waals surface area contributed by atoms with E-state index in [0.717, 1.165) is 50.8 Å². The second-order valence-electron chi connectivity index (χ2n) is 6.17. The van der Waals surface area contributed by atoms with E-state index in [0.29, 0.717) is 17.9 Å². The lowest BCUT2D eigenvalue weighted by molar-refractivity contribution is 0.0325. The standard InChI is InChI=1S/C15H25N5O/c1-16-13-2-6-18-14(19-13)20-8-4-15(5-9-20)3-7-17-10-12(15)11-21/h2,6,12,17,21H,3-5,7-11H2,1H3,(H,16,18,19). The number of hydrogen-bond donors (Lipinski definition) is 3. The highest BCUT2D eigenvalue weighted by Gasteiger charge is 2.42. The Morgan fingerprint density at radius 1 is 1.43 bits per heavy atom. The van der Waals surface area contributed by atoms with Gasteiger partial charge in [-0.1, -0.05) is 0 Å². The van der Waals surface area contributed by atoms with Gasteiger partial charge in [0.2, 0.25) is 5.95 Å². The summed E-state index contributed by atoms with van der Waals surface area (Å²) in [5.41, 5.74) is 0.303. The third-order valence-corrected chi connectivity index (χ3v) is 5.22. The molecule has 0 radical (unpaired) electrons. The fraction of sp³-hybridized carbons (Fsp3) is 0.733. The van der Waals surface area contributed by atoms with Crippen LogP contribution in [0, 0.1) is 11.3 Å². The van der Waals surface area contributed by atoms with Crippen LogP contribution in [0.2, 0.25) is 0 Å². The van der Waals surface area contributed by atoms with Crippen molar-refractivity contribution in [3.05, 3.63) is 12.3 Å². The Kier molecular flexibility index (Phi) is 4.26. The average Bonchev–Trinajstić information content (AvgIpc) is 2.56. The van der Waals surface area contributed by atoms with Crippen LogP contribution in [-0.4, -0.2) is 54.9 Å². The number of piperidine rings is 2. The van der Waals surface area contributed by atoms with Gasteiger partial charge in [0.05, 0.1) is 0 Å². The fourth-order valence-corrected chi connectivity index (χ4v) is 3.74. The number of aliphatic hydroxyl groups excluding tert-OH is 1. The maximum atomic E-state index is 9.67. The van der Waals surface area contributed by atoms with Crippen LogP contribution in [-0.2, 0) is 0 Å². The predicted molar refractivity (Wildman–Crippen MR) is 83.5 cm³/mol. The zero-order valence-corrected chi connectivity index (χ0v) is 12.7. The summed E-state index contributed by atoms with van der Waals surface area (Å²) >= 11 is 0. The molecular weight excluding hydrogens is 266 g/mol. The quantitative estimate of drug-likeness (QED) is 0.761. The Bertz CT molecular complexity index is 473. The molecule has 0 aromatic carbocycles. The van der Waals surface area contributed by atoms with Gasteiger partial charge in [0.25, 0.3) is 0 Å². The molecule has 0 saturated carbocycles. The molecule has 1 aromatic heterocycles. The Morgan fingerprint density at radius 2 is 2.24 bits per heavy atom. The highest BCUT2D eigenvalue weighted by atomic mass is 16.3. The van der Waals surface area contributed by atoms with E-state index in [2.05, 4.69) is 25.5 Å². The van der Waals surface area contributed by atoms with Gasteiger partial charge in [-0.05, 0) is 37.3 Å². The van der Waals surface area contributed by atoms with Crippen LogP contribution < -0.4 is 15.5 Å². The predicted octanol–water partition coefficient (Wildman–Crippen LogP) is 0.707. The van der Waals surface area contributed by atoms with Gasteiger partial charge in [-0.15, -0.1) is 0 Å². The van der Waals surface area contributed by atoms with Crippen molar-refractivity contribution < 1.29 is 5.11 Å². The van der Waals surface area contributed by atoms with Gasteiger partial charge < -0.3 is 20.6 Å². The van der Waals surface area contributed by atoms with Crippen LogP contribution in [0.15, 0.2) is 12.3 Å². The summed E-state index contributed by atoms with van der Waals surface area (Å²) in [4.78, 5) is 11.2. The lowest BCUT2D eigenvalue weighted by Gasteiger charge is -2.49. The highest BCUT2D eigenvalue weighted by Crippen LogP contribution is 2.43. The van der Waals surface area contributed by atoms with Crippen LogP contribution in [0.3, 0.4) is 0 Å². The van der Waals surface area contributed by atoms with Gasteiger partial charge in [-0.25, -0.2) is 4.98 Å². The molecule has 2 aliphatic rings. The molecule has 0 aliphatic carbocycles. The van der Waals surface area contributed by atoms with Gasteiger partial charge in [0.15, 0.2) is 0 Å². The minimum atomic E-state index is 0.290. The minimum Gasteiger partial charge on any atom is -0.396 e. The molecule has 3 heterocycles. The van der Waals surface area contributed by atoms with Crippen molar-refractivity contribution in [1.29, 1.82) is 0 Å². The Morgan fingerprint density at radius 3 is 2.95 bits per heavy atom. The SMILES string of the molecule is CNc1ccnc(N2CCC3(CCNCC3CO)CC2)n1. The van der Waals surface area contributed by atoms with Crippen molar-refractivity contribution in [2.45, 2.75) is 19.3 Å². The van der Waals surface area contributed by atoms with Crippen LogP contribution in [0.5, 0.6) is 0 Å². The maximum absolute atomic E-state index is 9.67. The molecule has 1 atom stereocenters. The molecule has 21 heavy (non-hydrogen) atoms. The summed E-state index contributed by atoms with van der Waals surface area (Å²) < 4.78 is 0. The molecular formula is C15H25N5O. The molecule has 0 amide bonds. The van der Waals surface area contributed by atoms with Crippen LogP contribution in [0.4, 0.5) is 11.8 Å². The number of aromatic nitrogens is 2. The zero-order valence-electron chi connectivity index (χ0n) is 12.7. The first kappa shape index (κ1) is 14.5. The molecule has 1 spiro atoms. The van der Waals surface area contributed by atoms with E-state index < -0.39 is 0 Å². The third-order valence-electron chi connectivity index (χ3n) is 5.22. The molecule has 3 rings (SSSR count). The summed E-state index contributed by atoms with van der Waals surface area (Å²) in [5, 5.41) is 16.1. The molecule has 3 N–H and O–H groups in total.